The molecule has 1 spiro atoms. The van der Waals surface area contributed by atoms with Crippen molar-refractivity contribution in [3.63, 3.8) is 0 Å². The molecule has 3 aliphatic rings. The summed E-state index contributed by atoms with van der Waals surface area (Å²) >= 11 is 0. The number of aliphatic hydroxyl groups is 5. The Bertz CT molecular complexity index is 1820. The van der Waals surface area contributed by atoms with Gasteiger partial charge in [0.15, 0.2) is 0 Å². The number of aliphatic hydroxyl groups excluding tert-OH is 4. The Hall–Kier alpha value is -4.23. The molecule has 0 aromatic heterocycles. The van der Waals surface area contributed by atoms with Crippen LogP contribution in [0.3, 0.4) is 0 Å². The van der Waals surface area contributed by atoms with Crippen LogP contribution >= 0.6 is 0 Å². The first kappa shape index (κ1) is 33.3. The highest BCUT2D eigenvalue weighted by molar-refractivity contribution is 6.06. The molecule has 6 N–H and O–H groups in total. The molecule has 11 heteroatoms. The minimum Gasteiger partial charge on any atom is -0.508 e. The fourth-order valence-corrected chi connectivity index (χ4v) is 7.80. The minimum atomic E-state index is -1.50. The van der Waals surface area contributed by atoms with E-state index in [9.17, 15) is 44.2 Å². The highest BCUT2D eigenvalue weighted by Gasteiger charge is 2.64. The zero-order valence-corrected chi connectivity index (χ0v) is 26.4. The monoisotopic (exact) mass is 673 g/mol. The first-order valence-corrected chi connectivity index (χ1v) is 16.3. The number of nitrogens with zero attached hydrogens (tertiary/aromatic N) is 1. The Kier molecular flexibility index (Phi) is 8.54. The van der Waals surface area contributed by atoms with Crippen LogP contribution in [0, 0.1) is 17.0 Å². The number of carbonyl (C=O) groups excluding carboxylic acids is 1. The fourth-order valence-electron chi connectivity index (χ4n) is 7.80. The molecule has 4 aromatic rings. The molecular formula is C38H37F2NO8. The fraction of sp³-hybridized carbons (Fsp3) is 0.342. The maximum Gasteiger partial charge on any atom is 0.236 e. The van der Waals surface area contributed by atoms with E-state index in [0.717, 1.165) is 0 Å². The van der Waals surface area contributed by atoms with Gasteiger partial charge in [-0.25, -0.2) is 8.78 Å². The summed E-state index contributed by atoms with van der Waals surface area (Å²) in [6.45, 7) is -0.535. The van der Waals surface area contributed by atoms with Crippen LogP contribution in [0.1, 0.15) is 54.5 Å². The SMILES string of the molecule is O=C1N(c2ccc(F)cc2)[C@H](c2ccc(-c3ccc([C@@H]4O[C@H](CO)[C@@H](O)[C@H](O)[C@H]4O)cc3)cc2O)C12CCC(O)(c1ccc(F)cc1)CC2. The molecule has 7 rings (SSSR count). The summed E-state index contributed by atoms with van der Waals surface area (Å²) in [4.78, 5) is 15.6. The van der Waals surface area contributed by atoms with Crippen LogP contribution in [0.5, 0.6) is 5.75 Å². The Morgan fingerprint density at radius 2 is 1.35 bits per heavy atom. The van der Waals surface area contributed by atoms with Crippen molar-refractivity contribution < 1.29 is 49.0 Å². The molecule has 1 saturated carbocycles. The molecule has 0 radical (unpaired) electrons. The van der Waals surface area contributed by atoms with Gasteiger partial charge in [0.1, 0.15) is 47.9 Å². The van der Waals surface area contributed by atoms with Gasteiger partial charge in [0.05, 0.1) is 23.7 Å². The van der Waals surface area contributed by atoms with Gasteiger partial charge < -0.3 is 40.3 Å². The van der Waals surface area contributed by atoms with Crippen LogP contribution in [0.2, 0.25) is 0 Å². The molecule has 0 unspecified atom stereocenters. The predicted octanol–water partition coefficient (Wildman–Crippen LogP) is 4.39. The number of ether oxygens (including phenoxy) is 1. The Morgan fingerprint density at radius 3 is 1.94 bits per heavy atom. The second-order valence-electron chi connectivity index (χ2n) is 13.4. The van der Waals surface area contributed by atoms with Gasteiger partial charge in [-0.05, 0) is 90.4 Å². The maximum atomic E-state index is 14.0. The van der Waals surface area contributed by atoms with Crippen molar-refractivity contribution in [2.24, 2.45) is 5.41 Å². The normalized spacial score (nSPS) is 31.5. The lowest BCUT2D eigenvalue weighted by atomic mass is 9.56. The first-order chi connectivity index (χ1) is 23.5. The van der Waals surface area contributed by atoms with E-state index >= 15 is 0 Å². The molecule has 2 heterocycles. The molecule has 49 heavy (non-hydrogen) atoms. The maximum absolute atomic E-state index is 14.0. The molecule has 2 aliphatic heterocycles. The van der Waals surface area contributed by atoms with Gasteiger partial charge in [-0.15, -0.1) is 0 Å². The van der Waals surface area contributed by atoms with Gasteiger partial charge in [-0.3, -0.25) is 4.79 Å². The van der Waals surface area contributed by atoms with Crippen molar-refractivity contribution in [2.75, 3.05) is 11.5 Å². The molecular weight excluding hydrogens is 636 g/mol. The Labute approximate surface area is 281 Å². The van der Waals surface area contributed by atoms with E-state index in [2.05, 4.69) is 0 Å². The number of phenolic OH excluding ortho intramolecular Hbond substituents is 1. The van der Waals surface area contributed by atoms with Gasteiger partial charge in [-0.2, -0.15) is 0 Å². The van der Waals surface area contributed by atoms with E-state index in [1.807, 2.05) is 6.07 Å². The third-order valence-corrected chi connectivity index (χ3v) is 10.7. The summed E-state index contributed by atoms with van der Waals surface area (Å²) in [5.41, 5.74) is 1.26. The van der Waals surface area contributed by atoms with Crippen molar-refractivity contribution in [3.05, 3.63) is 119 Å². The summed E-state index contributed by atoms with van der Waals surface area (Å²) < 4.78 is 33.1. The number of benzene rings is 4. The van der Waals surface area contributed by atoms with E-state index in [4.69, 9.17) is 4.74 Å². The number of hydrogen-bond donors (Lipinski definition) is 6. The standard InChI is InChI=1S/C38H37F2NO8/c39-25-8-6-24(7-9-25)38(48)17-15-37(16-18-38)35(41(36(37)47)27-12-10-26(40)11-13-27)28-14-5-23(19-29(28)43)21-1-3-22(4-2-21)34-33(46)32(45)31(44)30(20-42)49-34/h1-14,19,30-35,42-46,48H,15-18,20H2/t30-,31-,32+,33-,34+,35-,37?,38?/m1/s1. The second-order valence-corrected chi connectivity index (χ2v) is 13.4. The smallest absolute Gasteiger partial charge is 0.236 e. The van der Waals surface area contributed by atoms with Gasteiger partial charge >= 0.3 is 0 Å². The number of amides is 1. The predicted molar refractivity (Wildman–Crippen MR) is 174 cm³/mol. The summed E-state index contributed by atoms with van der Waals surface area (Å²) in [6.07, 6.45) is -5.29. The van der Waals surface area contributed by atoms with Crippen molar-refractivity contribution in [1.82, 2.24) is 0 Å². The van der Waals surface area contributed by atoms with Crippen molar-refractivity contribution >= 4 is 11.6 Å². The van der Waals surface area contributed by atoms with Crippen LogP contribution in [0.15, 0.2) is 91.0 Å². The van der Waals surface area contributed by atoms with Crippen LogP contribution < -0.4 is 4.90 Å². The molecule has 9 nitrogen and oxygen atoms in total. The average molecular weight is 674 g/mol. The highest BCUT2D eigenvalue weighted by Crippen LogP contribution is 2.62. The van der Waals surface area contributed by atoms with E-state index in [0.29, 0.717) is 46.3 Å². The largest absolute Gasteiger partial charge is 0.508 e. The van der Waals surface area contributed by atoms with Gasteiger partial charge in [0.25, 0.3) is 0 Å². The van der Waals surface area contributed by atoms with Crippen LogP contribution in [0.25, 0.3) is 11.1 Å². The minimum absolute atomic E-state index is 0.0566. The van der Waals surface area contributed by atoms with Crippen molar-refractivity contribution in [3.8, 4) is 16.9 Å². The molecule has 1 aliphatic carbocycles. The number of halogens is 2. The number of phenols is 1. The molecule has 6 atom stereocenters. The number of aromatic hydroxyl groups is 1. The van der Waals surface area contributed by atoms with Gasteiger partial charge in [-0.1, -0.05) is 48.5 Å². The molecule has 2 saturated heterocycles. The molecule has 256 valence electrons. The van der Waals surface area contributed by atoms with Gasteiger partial charge in [0.2, 0.25) is 5.91 Å². The molecule has 3 fully saturated rings. The second kappa shape index (κ2) is 12.6. The third kappa shape index (κ3) is 5.60. The molecule has 1 amide bonds. The molecule has 4 aromatic carbocycles. The topological polar surface area (TPSA) is 151 Å². The lowest BCUT2D eigenvalue weighted by Gasteiger charge is -2.59. The highest BCUT2D eigenvalue weighted by atomic mass is 19.1. The summed E-state index contributed by atoms with van der Waals surface area (Å²) in [6, 6.07) is 22.7. The van der Waals surface area contributed by atoms with Crippen LogP contribution in [-0.2, 0) is 15.1 Å². The summed E-state index contributed by atoms with van der Waals surface area (Å²) in [5.74, 6) is -1.10. The van der Waals surface area contributed by atoms with E-state index in [1.54, 1.807) is 53.4 Å². The summed E-state index contributed by atoms with van der Waals surface area (Å²) in [7, 11) is 0. The van der Waals surface area contributed by atoms with Crippen molar-refractivity contribution in [2.45, 2.75) is 67.8 Å². The quantitative estimate of drug-likeness (QED) is 0.165. The van der Waals surface area contributed by atoms with Crippen molar-refractivity contribution in [1.29, 1.82) is 0 Å². The van der Waals surface area contributed by atoms with E-state index < -0.39 is 65.8 Å². The van der Waals surface area contributed by atoms with E-state index in [1.165, 1.54) is 36.4 Å². The number of anilines is 1. The first-order valence-electron chi connectivity index (χ1n) is 16.3. The zero-order valence-electron chi connectivity index (χ0n) is 26.4. The van der Waals surface area contributed by atoms with E-state index in [-0.39, 0.29) is 24.5 Å². The number of carbonyl (C=O) groups is 1. The Morgan fingerprint density at radius 1 is 0.755 bits per heavy atom. The van der Waals surface area contributed by atoms with Gasteiger partial charge in [0, 0.05) is 11.3 Å². The Balaban J connectivity index is 1.17. The lowest BCUT2D eigenvalue weighted by molar-refractivity contribution is -0.231. The number of rotatable bonds is 6. The number of β-lactam (4-membered cyclic amide) rings is 1. The zero-order chi connectivity index (χ0) is 34.7. The lowest BCUT2D eigenvalue weighted by Crippen LogP contribution is -2.65. The number of hydrogen-bond acceptors (Lipinski definition) is 8. The average Bonchev–Trinajstić information content (AvgIpc) is 3.11. The summed E-state index contributed by atoms with van der Waals surface area (Å²) in [5, 5.41) is 63.4. The molecule has 0 bridgehead atoms. The van der Waals surface area contributed by atoms with Crippen LogP contribution in [0.4, 0.5) is 14.5 Å². The third-order valence-electron chi connectivity index (χ3n) is 10.7. The van der Waals surface area contributed by atoms with Crippen LogP contribution in [-0.4, -0.2) is 67.6 Å².